The van der Waals surface area contributed by atoms with E-state index in [1.165, 1.54) is 11.8 Å². The van der Waals surface area contributed by atoms with Gasteiger partial charge in [-0.1, -0.05) is 66.4 Å². The molecule has 152 valence electrons. The lowest BCUT2D eigenvalue weighted by atomic mass is 10.2. The molecule has 0 saturated carbocycles. The standard InChI is InChI=1S/C24H18N4O2S/c29-22(28(17-9-3-1-4-10-17)18-11-5-2-6-12-18)16-31-24-27-26-23(30-24)20-15-25-21-14-8-7-13-19(20)21/h1-15,25H,16H2. The predicted molar refractivity (Wildman–Crippen MR) is 122 cm³/mol. The molecule has 0 radical (unpaired) electrons. The molecular formula is C24H18N4O2S. The minimum Gasteiger partial charge on any atom is -0.411 e. The Morgan fingerprint density at radius 1 is 0.871 bits per heavy atom. The van der Waals surface area contributed by atoms with Gasteiger partial charge in [0.1, 0.15) is 0 Å². The molecule has 2 aromatic heterocycles. The first kappa shape index (κ1) is 19.1. The summed E-state index contributed by atoms with van der Waals surface area (Å²) in [4.78, 5) is 18.0. The van der Waals surface area contributed by atoms with E-state index in [1.54, 1.807) is 4.90 Å². The molecule has 0 aliphatic carbocycles. The summed E-state index contributed by atoms with van der Waals surface area (Å²) in [7, 11) is 0. The molecule has 0 saturated heterocycles. The Hall–Kier alpha value is -3.84. The van der Waals surface area contributed by atoms with Crippen LogP contribution in [0.15, 0.2) is 101 Å². The van der Waals surface area contributed by atoms with Crippen molar-refractivity contribution in [3.05, 3.63) is 91.1 Å². The lowest BCUT2D eigenvalue weighted by Crippen LogP contribution is -2.27. The summed E-state index contributed by atoms with van der Waals surface area (Å²) in [6, 6.07) is 27.1. The number of anilines is 2. The number of thioether (sulfide) groups is 1. The molecule has 3 aromatic carbocycles. The van der Waals surface area contributed by atoms with E-state index in [0.29, 0.717) is 11.1 Å². The SMILES string of the molecule is O=C(CSc1nnc(-c2c[nH]c3ccccc23)o1)N(c1ccccc1)c1ccccc1. The lowest BCUT2D eigenvalue weighted by molar-refractivity contribution is -0.115. The number of hydrogen-bond donors (Lipinski definition) is 1. The van der Waals surface area contributed by atoms with Gasteiger partial charge in [0, 0.05) is 28.5 Å². The van der Waals surface area contributed by atoms with Crippen LogP contribution in [0.25, 0.3) is 22.4 Å². The van der Waals surface area contributed by atoms with Crippen molar-refractivity contribution in [2.24, 2.45) is 0 Å². The van der Waals surface area contributed by atoms with Gasteiger partial charge in [0.25, 0.3) is 11.1 Å². The van der Waals surface area contributed by atoms with Gasteiger partial charge in [0.2, 0.25) is 5.91 Å². The minimum absolute atomic E-state index is 0.0748. The summed E-state index contributed by atoms with van der Waals surface area (Å²) in [5.74, 6) is 0.517. The van der Waals surface area contributed by atoms with Crippen LogP contribution in [0.3, 0.4) is 0 Å². The third kappa shape index (κ3) is 3.95. The van der Waals surface area contributed by atoms with Crippen molar-refractivity contribution in [1.29, 1.82) is 0 Å². The van der Waals surface area contributed by atoms with Gasteiger partial charge in [-0.25, -0.2) is 0 Å². The normalized spacial score (nSPS) is 11.0. The van der Waals surface area contributed by atoms with Crippen LogP contribution in [-0.2, 0) is 4.79 Å². The van der Waals surface area contributed by atoms with Gasteiger partial charge in [0.05, 0.1) is 11.3 Å². The van der Waals surface area contributed by atoms with Gasteiger partial charge in [-0.15, -0.1) is 10.2 Å². The summed E-state index contributed by atoms with van der Waals surface area (Å²) in [6.07, 6.45) is 1.85. The average Bonchev–Trinajstić information content (AvgIpc) is 3.46. The van der Waals surface area contributed by atoms with Crippen molar-refractivity contribution in [2.75, 3.05) is 10.7 Å². The Bertz CT molecular complexity index is 1280. The molecule has 1 N–H and O–H groups in total. The maximum atomic E-state index is 13.1. The molecule has 31 heavy (non-hydrogen) atoms. The number of fused-ring (bicyclic) bond motifs is 1. The number of para-hydroxylation sites is 3. The van der Waals surface area contributed by atoms with E-state index in [-0.39, 0.29) is 11.7 Å². The van der Waals surface area contributed by atoms with Crippen molar-refractivity contribution < 1.29 is 9.21 Å². The second-order valence-electron chi connectivity index (χ2n) is 6.81. The topological polar surface area (TPSA) is 75.0 Å². The van der Waals surface area contributed by atoms with Crippen molar-refractivity contribution >= 4 is 39.9 Å². The van der Waals surface area contributed by atoms with Gasteiger partial charge in [-0.3, -0.25) is 9.69 Å². The van der Waals surface area contributed by atoms with Gasteiger partial charge in [-0.2, -0.15) is 0 Å². The average molecular weight is 427 g/mol. The fourth-order valence-electron chi connectivity index (χ4n) is 3.40. The second kappa shape index (κ2) is 8.49. The van der Waals surface area contributed by atoms with Crippen molar-refractivity contribution in [2.45, 2.75) is 5.22 Å². The molecule has 0 bridgehead atoms. The van der Waals surface area contributed by atoms with Gasteiger partial charge < -0.3 is 9.40 Å². The predicted octanol–water partition coefficient (Wildman–Crippen LogP) is 5.67. The molecule has 2 heterocycles. The number of rotatable bonds is 6. The first-order valence-electron chi connectivity index (χ1n) is 9.75. The highest BCUT2D eigenvalue weighted by Gasteiger charge is 2.20. The molecule has 0 aliphatic heterocycles. The monoisotopic (exact) mass is 426 g/mol. The summed E-state index contributed by atoms with van der Waals surface area (Å²) < 4.78 is 5.83. The minimum atomic E-state index is -0.0748. The number of carbonyl (C=O) groups is 1. The molecule has 0 aliphatic rings. The van der Waals surface area contributed by atoms with E-state index in [4.69, 9.17) is 4.42 Å². The smallest absolute Gasteiger partial charge is 0.277 e. The molecule has 0 unspecified atom stereocenters. The molecule has 0 fully saturated rings. The third-order valence-corrected chi connectivity index (χ3v) is 5.63. The molecule has 6 nitrogen and oxygen atoms in total. The van der Waals surface area contributed by atoms with E-state index in [1.807, 2.05) is 91.1 Å². The van der Waals surface area contributed by atoms with Crippen molar-refractivity contribution in [1.82, 2.24) is 15.2 Å². The Balaban J connectivity index is 1.35. The van der Waals surface area contributed by atoms with Crippen LogP contribution in [-0.4, -0.2) is 26.8 Å². The van der Waals surface area contributed by atoms with E-state index >= 15 is 0 Å². The highest BCUT2D eigenvalue weighted by Crippen LogP contribution is 2.31. The van der Waals surface area contributed by atoms with Crippen LogP contribution in [0.2, 0.25) is 0 Å². The fraction of sp³-hybridized carbons (Fsp3) is 0.0417. The summed E-state index contributed by atoms with van der Waals surface area (Å²) in [5.41, 5.74) is 3.46. The van der Waals surface area contributed by atoms with Crippen LogP contribution < -0.4 is 4.90 Å². The Kier molecular flexibility index (Phi) is 5.24. The number of amides is 1. The molecule has 7 heteroatoms. The molecule has 0 spiro atoms. The Morgan fingerprint density at radius 3 is 2.23 bits per heavy atom. The first-order valence-corrected chi connectivity index (χ1v) is 10.7. The van der Waals surface area contributed by atoms with Gasteiger partial charge in [-0.05, 0) is 30.3 Å². The molecular weight excluding hydrogens is 408 g/mol. The highest BCUT2D eigenvalue weighted by atomic mass is 32.2. The first-order chi connectivity index (χ1) is 15.3. The number of nitrogens with one attached hydrogen (secondary N) is 1. The summed E-state index contributed by atoms with van der Waals surface area (Å²) >= 11 is 1.23. The number of hydrogen-bond acceptors (Lipinski definition) is 5. The fourth-order valence-corrected chi connectivity index (χ4v) is 4.02. The summed E-state index contributed by atoms with van der Waals surface area (Å²) in [5, 5.41) is 9.65. The maximum absolute atomic E-state index is 13.1. The number of aromatic nitrogens is 3. The number of H-pyrrole nitrogens is 1. The zero-order valence-electron chi connectivity index (χ0n) is 16.4. The largest absolute Gasteiger partial charge is 0.411 e. The van der Waals surface area contributed by atoms with Crippen LogP contribution in [0.5, 0.6) is 0 Å². The summed E-state index contributed by atoms with van der Waals surface area (Å²) in [6.45, 7) is 0. The lowest BCUT2D eigenvalue weighted by Gasteiger charge is -2.22. The van der Waals surface area contributed by atoms with E-state index in [2.05, 4.69) is 15.2 Å². The zero-order valence-corrected chi connectivity index (χ0v) is 17.3. The molecule has 0 atom stereocenters. The van der Waals surface area contributed by atoms with E-state index in [9.17, 15) is 4.79 Å². The van der Waals surface area contributed by atoms with Crippen LogP contribution in [0.1, 0.15) is 0 Å². The van der Waals surface area contributed by atoms with Gasteiger partial charge >= 0.3 is 0 Å². The van der Waals surface area contributed by atoms with E-state index in [0.717, 1.165) is 27.8 Å². The van der Waals surface area contributed by atoms with Crippen LogP contribution in [0.4, 0.5) is 11.4 Å². The Morgan fingerprint density at radius 2 is 1.52 bits per heavy atom. The van der Waals surface area contributed by atoms with Crippen molar-refractivity contribution in [3.8, 4) is 11.5 Å². The maximum Gasteiger partial charge on any atom is 0.277 e. The van der Waals surface area contributed by atoms with Gasteiger partial charge in [0.15, 0.2) is 0 Å². The number of benzene rings is 3. The zero-order chi connectivity index (χ0) is 21.0. The van der Waals surface area contributed by atoms with E-state index < -0.39 is 0 Å². The molecule has 1 amide bonds. The third-order valence-electron chi connectivity index (χ3n) is 4.82. The number of carbonyl (C=O) groups excluding carboxylic acids is 1. The quantitative estimate of drug-likeness (QED) is 0.354. The molecule has 5 rings (SSSR count). The highest BCUT2D eigenvalue weighted by molar-refractivity contribution is 7.99. The van der Waals surface area contributed by atoms with Crippen LogP contribution in [0, 0.1) is 0 Å². The molecule has 5 aromatic rings. The second-order valence-corrected chi connectivity index (χ2v) is 7.74. The number of nitrogens with zero attached hydrogens (tertiary/aromatic N) is 3. The Labute approximate surface area is 182 Å². The van der Waals surface area contributed by atoms with Crippen molar-refractivity contribution in [3.63, 3.8) is 0 Å². The van der Waals surface area contributed by atoms with Crippen LogP contribution >= 0.6 is 11.8 Å². The number of aromatic amines is 1.